The Kier molecular flexibility index (Phi) is 14.1. The van der Waals surface area contributed by atoms with Crippen LogP contribution < -0.4 is 0 Å². The normalized spacial score (nSPS) is 12.6. The Balaban J connectivity index is 0.000000330. The van der Waals surface area contributed by atoms with E-state index in [1.807, 2.05) is 54.5 Å². The Bertz CT molecular complexity index is 2340. The van der Waals surface area contributed by atoms with Crippen LogP contribution in [0.15, 0.2) is 81.3 Å². The Morgan fingerprint density at radius 3 is 2.09 bits per heavy atom. The quantitative estimate of drug-likeness (QED) is 0.0796. The zero-order valence-corrected chi connectivity index (χ0v) is 38.3. The third kappa shape index (κ3) is 9.24. The molecule has 0 fully saturated rings. The standard InChI is InChI=1S/C35H34NO2.C15H28O2.Ir/c1-20(2)14-28-22(4)38-33-18-24(12-13-27(28)33)29-19-31(36-32-15-21(3)37-34(29)32)25-16-23-10-8-9-11-26(23)30(17-25)35(5,6)7;1-7-14(5,8-2)12(16)11-13(17)15(6,9-3)10-4;/h8-13,15,17-20H,14H2,1-7H3;11,16H,7-10H2,1-6H3;/q-1;;/b;12-11-;. The van der Waals surface area contributed by atoms with Crippen LogP contribution in [0.25, 0.3) is 55.2 Å². The van der Waals surface area contributed by atoms with Crippen LogP contribution >= 0.6 is 0 Å². The molecule has 3 aromatic heterocycles. The van der Waals surface area contributed by atoms with Gasteiger partial charge in [-0.1, -0.05) is 124 Å². The fourth-order valence-corrected chi connectivity index (χ4v) is 7.27. The van der Waals surface area contributed by atoms with Gasteiger partial charge in [-0.2, -0.15) is 0 Å². The molecule has 0 atom stereocenters. The van der Waals surface area contributed by atoms with Gasteiger partial charge in [0.2, 0.25) is 0 Å². The second kappa shape index (κ2) is 17.7. The third-order valence-electron chi connectivity index (χ3n) is 12.0. The number of aryl methyl sites for hydroxylation is 2. The Morgan fingerprint density at radius 2 is 1.48 bits per heavy atom. The number of hydrogen-bond acceptors (Lipinski definition) is 5. The van der Waals surface area contributed by atoms with Gasteiger partial charge >= 0.3 is 0 Å². The fraction of sp³-hybridized carbons (Fsp3) is 0.440. The summed E-state index contributed by atoms with van der Waals surface area (Å²) < 4.78 is 12.4. The molecular weight excluding hydrogens is 871 g/mol. The van der Waals surface area contributed by atoms with E-state index in [1.54, 1.807) is 0 Å². The number of carbonyl (C=O) groups is 1. The van der Waals surface area contributed by atoms with E-state index in [1.165, 1.54) is 28.0 Å². The molecule has 5 nitrogen and oxygen atoms in total. The molecule has 6 heteroatoms. The first-order chi connectivity index (χ1) is 25.9. The number of aliphatic hydroxyl groups excluding tert-OH is 1. The monoisotopic (exact) mass is 933 g/mol. The van der Waals surface area contributed by atoms with Crippen molar-refractivity contribution in [2.24, 2.45) is 16.7 Å². The van der Waals surface area contributed by atoms with Crippen molar-refractivity contribution in [2.45, 2.75) is 128 Å². The maximum atomic E-state index is 12.2. The molecule has 0 aliphatic carbocycles. The molecule has 0 saturated carbocycles. The van der Waals surface area contributed by atoms with Crippen molar-refractivity contribution in [1.29, 1.82) is 0 Å². The summed E-state index contributed by atoms with van der Waals surface area (Å²) in [5.74, 6) is 2.70. The van der Waals surface area contributed by atoms with Crippen LogP contribution in [0, 0.1) is 36.7 Å². The van der Waals surface area contributed by atoms with Crippen LogP contribution in [-0.4, -0.2) is 15.9 Å². The van der Waals surface area contributed by atoms with E-state index in [-0.39, 0.29) is 47.9 Å². The summed E-state index contributed by atoms with van der Waals surface area (Å²) in [6.07, 6.45) is 5.76. The summed E-state index contributed by atoms with van der Waals surface area (Å²) in [5, 5.41) is 13.7. The molecule has 1 N–H and O–H groups in total. The first kappa shape index (κ1) is 44.7. The van der Waals surface area contributed by atoms with E-state index in [0.717, 1.165) is 88.1 Å². The van der Waals surface area contributed by atoms with E-state index in [0.29, 0.717) is 5.92 Å². The third-order valence-corrected chi connectivity index (χ3v) is 12.0. The van der Waals surface area contributed by atoms with Crippen LogP contribution in [0.2, 0.25) is 0 Å². The van der Waals surface area contributed by atoms with E-state index in [9.17, 15) is 9.90 Å². The van der Waals surface area contributed by atoms with E-state index >= 15 is 0 Å². The van der Waals surface area contributed by atoms with Gasteiger partial charge in [0.25, 0.3) is 0 Å². The predicted octanol–water partition coefficient (Wildman–Crippen LogP) is 14.6. The average molecular weight is 933 g/mol. The average Bonchev–Trinajstić information content (AvgIpc) is 3.69. The zero-order chi connectivity index (χ0) is 40.5. The maximum absolute atomic E-state index is 12.2. The molecular formula is C50H62IrNO4-. The zero-order valence-electron chi connectivity index (χ0n) is 35.9. The number of carbonyl (C=O) groups excluding carboxylic acids is 1. The topological polar surface area (TPSA) is 76.5 Å². The second-order valence-corrected chi connectivity index (χ2v) is 17.4. The van der Waals surface area contributed by atoms with Gasteiger partial charge < -0.3 is 13.9 Å². The van der Waals surface area contributed by atoms with Gasteiger partial charge in [-0.05, 0) is 68.9 Å². The van der Waals surface area contributed by atoms with Crippen molar-refractivity contribution in [3.8, 4) is 22.4 Å². The first-order valence-corrected chi connectivity index (χ1v) is 20.2. The van der Waals surface area contributed by atoms with Gasteiger partial charge in [0.1, 0.15) is 28.4 Å². The molecule has 3 aromatic carbocycles. The van der Waals surface area contributed by atoms with Gasteiger partial charge in [-0.15, -0.1) is 29.1 Å². The molecule has 1 radical (unpaired) electrons. The van der Waals surface area contributed by atoms with Crippen LogP contribution in [0.3, 0.4) is 0 Å². The van der Waals surface area contributed by atoms with Crippen molar-refractivity contribution in [1.82, 2.24) is 4.98 Å². The van der Waals surface area contributed by atoms with Gasteiger partial charge in [-0.3, -0.25) is 9.78 Å². The van der Waals surface area contributed by atoms with Crippen LogP contribution in [0.1, 0.15) is 124 Å². The number of rotatable bonds is 11. The molecule has 0 aliphatic rings. The van der Waals surface area contributed by atoms with Gasteiger partial charge in [-0.25, -0.2) is 0 Å². The fourth-order valence-electron chi connectivity index (χ4n) is 7.27. The molecule has 6 rings (SSSR count). The minimum Gasteiger partial charge on any atom is -0.512 e. The van der Waals surface area contributed by atoms with E-state index in [2.05, 4.69) is 102 Å². The number of aromatic nitrogens is 1. The predicted molar refractivity (Wildman–Crippen MR) is 231 cm³/mol. The van der Waals surface area contributed by atoms with E-state index < -0.39 is 0 Å². The van der Waals surface area contributed by atoms with Gasteiger partial charge in [0.05, 0.1) is 0 Å². The Labute approximate surface area is 348 Å². The summed E-state index contributed by atoms with van der Waals surface area (Å²) in [5.41, 5.74) is 8.49. The van der Waals surface area contributed by atoms with Gasteiger partial charge in [0, 0.05) is 65.3 Å². The van der Waals surface area contributed by atoms with Crippen molar-refractivity contribution in [3.63, 3.8) is 0 Å². The first-order valence-electron chi connectivity index (χ1n) is 20.2. The van der Waals surface area contributed by atoms with Crippen molar-refractivity contribution >= 4 is 38.6 Å². The Hall–Kier alpha value is -3.99. The summed E-state index contributed by atoms with van der Waals surface area (Å²) >= 11 is 0. The number of aliphatic hydroxyl groups is 1. The number of fused-ring (bicyclic) bond motifs is 3. The molecule has 0 spiro atoms. The number of hydrogen-bond donors (Lipinski definition) is 1. The number of allylic oxidation sites excluding steroid dienone is 2. The summed E-state index contributed by atoms with van der Waals surface area (Å²) in [6.45, 7) is 27.4. The van der Waals surface area contributed by atoms with Crippen molar-refractivity contribution in [3.05, 3.63) is 101 Å². The molecule has 6 aromatic rings. The summed E-state index contributed by atoms with van der Waals surface area (Å²) in [7, 11) is 0. The number of nitrogens with zero attached hydrogens (tertiary/aromatic N) is 1. The second-order valence-electron chi connectivity index (χ2n) is 17.4. The number of ketones is 1. The summed E-state index contributed by atoms with van der Waals surface area (Å²) in [6, 6.07) is 25.1. The van der Waals surface area contributed by atoms with Crippen LogP contribution in [-0.2, 0) is 36.7 Å². The smallest absolute Gasteiger partial charge is 0.164 e. The molecule has 0 bridgehead atoms. The molecule has 56 heavy (non-hydrogen) atoms. The van der Waals surface area contributed by atoms with Crippen molar-refractivity contribution < 1.29 is 38.8 Å². The van der Waals surface area contributed by atoms with E-state index in [4.69, 9.17) is 13.8 Å². The minimum absolute atomic E-state index is 0. The number of furan rings is 2. The number of pyridine rings is 1. The molecule has 301 valence electrons. The minimum atomic E-state index is -0.337. The van der Waals surface area contributed by atoms with Gasteiger partial charge in [0.15, 0.2) is 11.4 Å². The molecule has 0 aliphatic heterocycles. The summed E-state index contributed by atoms with van der Waals surface area (Å²) in [4.78, 5) is 17.2. The molecule has 0 saturated heterocycles. The maximum Gasteiger partial charge on any atom is 0.164 e. The number of benzene rings is 3. The molecule has 0 amide bonds. The Morgan fingerprint density at radius 1 is 0.839 bits per heavy atom. The molecule has 0 unspecified atom stereocenters. The van der Waals surface area contributed by atoms with Crippen molar-refractivity contribution in [2.75, 3.05) is 0 Å². The van der Waals surface area contributed by atoms with Crippen LogP contribution in [0.4, 0.5) is 0 Å². The molecule has 3 heterocycles. The largest absolute Gasteiger partial charge is 0.512 e. The van der Waals surface area contributed by atoms with Crippen LogP contribution in [0.5, 0.6) is 0 Å². The SMILES string of the molecule is CCC(C)(CC)C(=O)/C=C(\O)C(C)(CC)CC.Cc1cc2nc(-c3[c-]c4ccccc4c(C(C)(C)C)c3)cc(-c3ccc4c(CC(C)C)c(C)oc4c3)c2o1.[Ir].